The number of hydrogen-bond donors (Lipinski definition) is 1. The number of rotatable bonds is 7. The van der Waals surface area contributed by atoms with Crippen molar-refractivity contribution < 1.29 is 22.9 Å². The number of carbonyl (C=O) groups excluding carboxylic acids is 1. The fourth-order valence-electron chi connectivity index (χ4n) is 4.84. The molecule has 2 fully saturated rings. The molecule has 2 aliphatic heterocycles. The van der Waals surface area contributed by atoms with E-state index in [1.807, 2.05) is 12.1 Å². The van der Waals surface area contributed by atoms with E-state index in [-0.39, 0.29) is 25.1 Å². The van der Waals surface area contributed by atoms with E-state index >= 15 is 0 Å². The Kier molecular flexibility index (Phi) is 10.3. The van der Waals surface area contributed by atoms with E-state index in [2.05, 4.69) is 15.1 Å². The van der Waals surface area contributed by atoms with Gasteiger partial charge in [-0.3, -0.25) is 19.8 Å². The predicted octanol–water partition coefficient (Wildman–Crippen LogP) is 6.17. The summed E-state index contributed by atoms with van der Waals surface area (Å²) in [5.74, 6) is 0.0602. The number of alkyl halides is 3. The van der Waals surface area contributed by atoms with Crippen molar-refractivity contribution in [3.63, 3.8) is 0 Å². The van der Waals surface area contributed by atoms with Gasteiger partial charge < -0.3 is 15.1 Å². The summed E-state index contributed by atoms with van der Waals surface area (Å²) in [7, 11) is 0. The van der Waals surface area contributed by atoms with Crippen LogP contribution in [0.5, 0.6) is 0 Å². The standard InChI is InChI=1S/C25H28Cl2F3N5O3.CH4/c26-21-3-2-19(16-22(21)27)33-13-11-32(12-14-33)8-7-24(36)34-9-5-17(6-10-34)31-18-1-4-23(35(37)38)20(15-18)25(28,29)30;/h1-4,15-17,31H,5-14H2;1H4. The third-order valence-electron chi connectivity index (χ3n) is 7.00. The van der Waals surface area contributed by atoms with Crippen LogP contribution in [0.15, 0.2) is 36.4 Å². The lowest BCUT2D eigenvalue weighted by atomic mass is 10.0. The molecule has 0 unspecified atom stereocenters. The number of nitro groups is 1. The largest absolute Gasteiger partial charge is 0.423 e. The van der Waals surface area contributed by atoms with Gasteiger partial charge >= 0.3 is 6.18 Å². The van der Waals surface area contributed by atoms with E-state index in [4.69, 9.17) is 23.2 Å². The molecule has 214 valence electrons. The van der Waals surface area contributed by atoms with Crippen LogP contribution in [0.2, 0.25) is 10.0 Å². The smallest absolute Gasteiger partial charge is 0.382 e. The lowest BCUT2D eigenvalue weighted by Gasteiger charge is -2.37. The minimum atomic E-state index is -4.83. The van der Waals surface area contributed by atoms with E-state index in [1.54, 1.807) is 11.0 Å². The second-order valence-corrected chi connectivity index (χ2v) is 10.3. The van der Waals surface area contributed by atoms with Gasteiger partial charge in [-0.05, 0) is 43.2 Å². The van der Waals surface area contributed by atoms with Gasteiger partial charge in [-0.2, -0.15) is 13.2 Å². The second-order valence-electron chi connectivity index (χ2n) is 9.46. The fourth-order valence-corrected chi connectivity index (χ4v) is 5.14. The number of hydrogen-bond acceptors (Lipinski definition) is 6. The van der Waals surface area contributed by atoms with Crippen molar-refractivity contribution >= 4 is 46.2 Å². The quantitative estimate of drug-likeness (QED) is 0.307. The number of nitrogens with zero attached hydrogens (tertiary/aromatic N) is 4. The van der Waals surface area contributed by atoms with Crippen LogP contribution in [-0.2, 0) is 11.0 Å². The van der Waals surface area contributed by atoms with Crippen LogP contribution in [0.4, 0.5) is 30.2 Å². The van der Waals surface area contributed by atoms with Crippen molar-refractivity contribution in [2.75, 3.05) is 56.0 Å². The van der Waals surface area contributed by atoms with Crippen LogP contribution in [0.25, 0.3) is 0 Å². The molecule has 0 aliphatic carbocycles. The highest BCUT2D eigenvalue weighted by Crippen LogP contribution is 2.38. The van der Waals surface area contributed by atoms with Gasteiger partial charge in [-0.1, -0.05) is 30.6 Å². The Bertz CT molecular complexity index is 1170. The third-order valence-corrected chi connectivity index (χ3v) is 7.74. The van der Waals surface area contributed by atoms with Crippen molar-refractivity contribution in [2.24, 2.45) is 0 Å². The molecule has 2 heterocycles. The van der Waals surface area contributed by atoms with Crippen LogP contribution in [0, 0.1) is 10.1 Å². The summed E-state index contributed by atoms with van der Waals surface area (Å²) in [6.07, 6.45) is -3.27. The number of likely N-dealkylation sites (tertiary alicyclic amines) is 1. The molecule has 0 spiro atoms. The van der Waals surface area contributed by atoms with Crippen molar-refractivity contribution in [1.82, 2.24) is 9.80 Å². The molecule has 8 nitrogen and oxygen atoms in total. The van der Waals surface area contributed by atoms with Gasteiger partial charge in [-0.15, -0.1) is 0 Å². The molecule has 2 saturated heterocycles. The summed E-state index contributed by atoms with van der Waals surface area (Å²) < 4.78 is 39.7. The zero-order valence-corrected chi connectivity index (χ0v) is 22.0. The van der Waals surface area contributed by atoms with Gasteiger partial charge in [0.2, 0.25) is 5.91 Å². The summed E-state index contributed by atoms with van der Waals surface area (Å²) in [5.41, 5.74) is -1.06. The number of carbonyl (C=O) groups is 1. The van der Waals surface area contributed by atoms with E-state index in [9.17, 15) is 28.1 Å². The molecule has 0 atom stereocenters. The molecule has 2 aromatic rings. The first kappa shape index (κ1) is 30.8. The maximum absolute atomic E-state index is 13.2. The number of amides is 1. The first-order chi connectivity index (χ1) is 18.0. The van der Waals surface area contributed by atoms with Crippen LogP contribution < -0.4 is 10.2 Å². The lowest BCUT2D eigenvalue weighted by Crippen LogP contribution is -2.48. The Morgan fingerprint density at radius 2 is 1.67 bits per heavy atom. The summed E-state index contributed by atoms with van der Waals surface area (Å²) >= 11 is 12.1. The number of halogens is 5. The van der Waals surface area contributed by atoms with E-state index in [0.717, 1.165) is 44.0 Å². The molecule has 1 amide bonds. The fraction of sp³-hybridized carbons (Fsp3) is 0.500. The Hall–Kier alpha value is -2.76. The average molecular weight is 590 g/mol. The number of piperazine rings is 1. The zero-order valence-electron chi connectivity index (χ0n) is 20.5. The zero-order chi connectivity index (χ0) is 27.4. The van der Waals surface area contributed by atoms with Crippen LogP contribution in [0.1, 0.15) is 32.3 Å². The first-order valence-corrected chi connectivity index (χ1v) is 13.1. The number of nitro benzene ring substituents is 1. The molecule has 13 heteroatoms. The van der Waals surface area contributed by atoms with Gasteiger partial charge in [0.25, 0.3) is 5.69 Å². The van der Waals surface area contributed by atoms with E-state index < -0.39 is 22.4 Å². The number of anilines is 2. The van der Waals surface area contributed by atoms with Crippen molar-refractivity contribution in [3.8, 4) is 0 Å². The summed E-state index contributed by atoms with van der Waals surface area (Å²) in [6, 6.07) is 8.39. The lowest BCUT2D eigenvalue weighted by molar-refractivity contribution is -0.388. The molecule has 0 bridgehead atoms. The molecule has 0 saturated carbocycles. The second kappa shape index (κ2) is 13.1. The Labute approximate surface area is 235 Å². The maximum atomic E-state index is 13.2. The molecule has 0 radical (unpaired) electrons. The van der Waals surface area contributed by atoms with Gasteiger partial charge in [0, 0.05) is 75.7 Å². The molecule has 0 aromatic heterocycles. The molecular weight excluding hydrogens is 558 g/mol. The normalized spacial score (nSPS) is 17.1. The van der Waals surface area contributed by atoms with Crippen molar-refractivity contribution in [3.05, 3.63) is 62.1 Å². The van der Waals surface area contributed by atoms with Crippen LogP contribution in [-0.4, -0.2) is 72.5 Å². The van der Waals surface area contributed by atoms with Crippen molar-refractivity contribution in [1.29, 1.82) is 0 Å². The highest BCUT2D eigenvalue weighted by molar-refractivity contribution is 6.42. The van der Waals surface area contributed by atoms with E-state index in [1.165, 1.54) is 6.07 Å². The average Bonchev–Trinajstić information content (AvgIpc) is 2.89. The molecule has 2 aliphatic rings. The van der Waals surface area contributed by atoms with Crippen molar-refractivity contribution in [2.45, 2.75) is 38.9 Å². The van der Waals surface area contributed by atoms with Crippen LogP contribution >= 0.6 is 23.2 Å². The topological polar surface area (TPSA) is 82.0 Å². The Balaban J connectivity index is 0.00000420. The first-order valence-electron chi connectivity index (χ1n) is 12.3. The number of piperidine rings is 1. The van der Waals surface area contributed by atoms with Crippen LogP contribution in [0.3, 0.4) is 0 Å². The maximum Gasteiger partial charge on any atom is 0.423 e. The summed E-state index contributed by atoms with van der Waals surface area (Å²) in [4.78, 5) is 29.0. The minimum absolute atomic E-state index is 0. The van der Waals surface area contributed by atoms with E-state index in [0.29, 0.717) is 48.9 Å². The molecule has 39 heavy (non-hydrogen) atoms. The predicted molar refractivity (Wildman–Crippen MR) is 148 cm³/mol. The Morgan fingerprint density at radius 1 is 1.00 bits per heavy atom. The molecule has 4 rings (SSSR count). The minimum Gasteiger partial charge on any atom is -0.382 e. The van der Waals surface area contributed by atoms with Gasteiger partial charge in [0.15, 0.2) is 0 Å². The van der Waals surface area contributed by atoms with Gasteiger partial charge in [0.05, 0.1) is 15.0 Å². The Morgan fingerprint density at radius 3 is 2.26 bits per heavy atom. The summed E-state index contributed by atoms with van der Waals surface area (Å²) in [5, 5.41) is 15.0. The molecular formula is C26H32Cl2F3N5O3. The van der Waals surface area contributed by atoms with Gasteiger partial charge in [-0.25, -0.2) is 0 Å². The van der Waals surface area contributed by atoms with Gasteiger partial charge in [0.1, 0.15) is 5.56 Å². The highest BCUT2D eigenvalue weighted by atomic mass is 35.5. The SMILES string of the molecule is C.O=C(CCN1CCN(c2ccc(Cl)c(Cl)c2)CC1)N1CCC(Nc2ccc([N+](=O)[O-])c(C(F)(F)F)c2)CC1. The molecule has 1 N–H and O–H groups in total. The number of benzene rings is 2. The third kappa shape index (κ3) is 7.89. The molecule has 2 aromatic carbocycles. The summed E-state index contributed by atoms with van der Waals surface area (Å²) in [6.45, 7) is 4.96. The number of nitrogens with one attached hydrogen (secondary N) is 1. The monoisotopic (exact) mass is 589 g/mol. The highest BCUT2D eigenvalue weighted by Gasteiger charge is 2.38.